The molecule has 0 aromatic heterocycles. The van der Waals surface area contributed by atoms with E-state index in [-0.39, 0.29) is 11.4 Å². The number of hydrogen-bond donors (Lipinski definition) is 2. The van der Waals surface area contributed by atoms with E-state index in [9.17, 15) is 4.79 Å². The molecule has 0 spiro atoms. The SMILES string of the molecule is CC1(NC(=O)/C=C/c2cccc(N)c2)CCOC1. The summed E-state index contributed by atoms with van der Waals surface area (Å²) in [6.45, 7) is 3.27. The lowest BCUT2D eigenvalue weighted by Gasteiger charge is -2.22. The highest BCUT2D eigenvalue weighted by atomic mass is 16.5. The van der Waals surface area contributed by atoms with Crippen LogP contribution in [0.15, 0.2) is 30.3 Å². The molecule has 1 aromatic carbocycles. The summed E-state index contributed by atoms with van der Waals surface area (Å²) in [4.78, 5) is 11.8. The van der Waals surface area contributed by atoms with Gasteiger partial charge < -0.3 is 15.8 Å². The van der Waals surface area contributed by atoms with E-state index in [1.165, 1.54) is 6.08 Å². The van der Waals surface area contributed by atoms with E-state index in [2.05, 4.69) is 5.32 Å². The van der Waals surface area contributed by atoms with E-state index in [4.69, 9.17) is 10.5 Å². The Hall–Kier alpha value is -1.81. The summed E-state index contributed by atoms with van der Waals surface area (Å²) >= 11 is 0. The summed E-state index contributed by atoms with van der Waals surface area (Å²) in [6.07, 6.45) is 4.13. The molecule has 0 saturated carbocycles. The van der Waals surface area contributed by atoms with Crippen molar-refractivity contribution in [2.45, 2.75) is 18.9 Å². The number of ether oxygens (including phenoxy) is 1. The third kappa shape index (κ3) is 3.34. The lowest BCUT2D eigenvalue weighted by atomic mass is 10.0. The first-order chi connectivity index (χ1) is 8.57. The van der Waals surface area contributed by atoms with Gasteiger partial charge in [0.15, 0.2) is 0 Å². The molecule has 0 radical (unpaired) electrons. The number of carbonyl (C=O) groups is 1. The standard InChI is InChI=1S/C14H18N2O2/c1-14(7-8-18-10-14)16-13(17)6-5-11-3-2-4-12(15)9-11/h2-6,9H,7-8,10,15H2,1H3,(H,16,17)/b6-5+. The van der Waals surface area contributed by atoms with Gasteiger partial charge in [-0.15, -0.1) is 0 Å². The van der Waals surface area contributed by atoms with Crippen LogP contribution < -0.4 is 11.1 Å². The third-order valence-electron chi connectivity index (χ3n) is 2.98. The molecule has 1 unspecified atom stereocenters. The van der Waals surface area contributed by atoms with Gasteiger partial charge in [-0.1, -0.05) is 12.1 Å². The van der Waals surface area contributed by atoms with Crippen molar-refractivity contribution < 1.29 is 9.53 Å². The second kappa shape index (κ2) is 5.23. The summed E-state index contributed by atoms with van der Waals surface area (Å²) in [5.41, 5.74) is 7.03. The zero-order valence-corrected chi connectivity index (χ0v) is 10.5. The Kier molecular flexibility index (Phi) is 3.67. The van der Waals surface area contributed by atoms with Crippen molar-refractivity contribution in [3.05, 3.63) is 35.9 Å². The summed E-state index contributed by atoms with van der Waals surface area (Å²) in [5, 5.41) is 2.96. The highest BCUT2D eigenvalue weighted by molar-refractivity contribution is 5.92. The molecule has 1 aromatic rings. The molecule has 1 aliphatic rings. The number of hydrogen-bond acceptors (Lipinski definition) is 3. The van der Waals surface area contributed by atoms with Gasteiger partial charge in [0.25, 0.3) is 0 Å². The average molecular weight is 246 g/mol. The molecule has 1 atom stereocenters. The van der Waals surface area contributed by atoms with Crippen LogP contribution in [0, 0.1) is 0 Å². The van der Waals surface area contributed by atoms with E-state index in [1.54, 1.807) is 6.08 Å². The fraction of sp³-hybridized carbons (Fsp3) is 0.357. The van der Waals surface area contributed by atoms with Gasteiger partial charge >= 0.3 is 0 Å². The smallest absolute Gasteiger partial charge is 0.244 e. The maximum absolute atomic E-state index is 11.8. The minimum atomic E-state index is -0.239. The van der Waals surface area contributed by atoms with Crippen LogP contribution >= 0.6 is 0 Å². The molecule has 0 bridgehead atoms. The van der Waals surface area contributed by atoms with Crippen LogP contribution in [0.2, 0.25) is 0 Å². The molecule has 96 valence electrons. The molecular weight excluding hydrogens is 228 g/mol. The topological polar surface area (TPSA) is 64.4 Å². The first-order valence-corrected chi connectivity index (χ1v) is 6.01. The molecule has 1 fully saturated rings. The van der Waals surface area contributed by atoms with Crippen LogP contribution in [0.25, 0.3) is 6.08 Å². The van der Waals surface area contributed by atoms with E-state index >= 15 is 0 Å². The van der Waals surface area contributed by atoms with Crippen molar-refractivity contribution >= 4 is 17.7 Å². The Morgan fingerprint density at radius 1 is 1.56 bits per heavy atom. The van der Waals surface area contributed by atoms with Crippen LogP contribution in [0.1, 0.15) is 18.9 Å². The van der Waals surface area contributed by atoms with Gasteiger partial charge in [0.2, 0.25) is 5.91 Å². The largest absolute Gasteiger partial charge is 0.399 e. The molecule has 4 heteroatoms. The number of rotatable bonds is 3. The van der Waals surface area contributed by atoms with Gasteiger partial charge in [-0.3, -0.25) is 4.79 Å². The Bertz CT molecular complexity index is 463. The Labute approximate surface area is 107 Å². The molecule has 1 aliphatic heterocycles. The highest BCUT2D eigenvalue weighted by Gasteiger charge is 2.30. The van der Waals surface area contributed by atoms with Crippen molar-refractivity contribution in [1.29, 1.82) is 0 Å². The highest BCUT2D eigenvalue weighted by Crippen LogP contribution is 2.17. The Morgan fingerprint density at radius 3 is 3.06 bits per heavy atom. The fourth-order valence-corrected chi connectivity index (χ4v) is 1.94. The molecule has 18 heavy (non-hydrogen) atoms. The van der Waals surface area contributed by atoms with Crippen molar-refractivity contribution in [3.63, 3.8) is 0 Å². The van der Waals surface area contributed by atoms with Crippen molar-refractivity contribution in [2.24, 2.45) is 0 Å². The second-order valence-electron chi connectivity index (χ2n) is 4.86. The van der Waals surface area contributed by atoms with Crippen molar-refractivity contribution in [3.8, 4) is 0 Å². The molecule has 1 amide bonds. The number of amides is 1. The molecule has 1 saturated heterocycles. The zero-order valence-electron chi connectivity index (χ0n) is 10.5. The quantitative estimate of drug-likeness (QED) is 0.628. The van der Waals surface area contributed by atoms with Crippen LogP contribution in [0.3, 0.4) is 0 Å². The van der Waals surface area contributed by atoms with Gasteiger partial charge in [0.1, 0.15) is 0 Å². The molecule has 0 aliphatic carbocycles. The fourth-order valence-electron chi connectivity index (χ4n) is 1.94. The Balaban J connectivity index is 1.95. The van der Waals surface area contributed by atoms with E-state index < -0.39 is 0 Å². The number of carbonyl (C=O) groups excluding carboxylic acids is 1. The molecule has 4 nitrogen and oxygen atoms in total. The van der Waals surface area contributed by atoms with Gasteiger partial charge in [-0.25, -0.2) is 0 Å². The van der Waals surface area contributed by atoms with Crippen LogP contribution in [0.4, 0.5) is 5.69 Å². The number of nitrogens with one attached hydrogen (secondary N) is 1. The van der Waals surface area contributed by atoms with Crippen LogP contribution in [0.5, 0.6) is 0 Å². The minimum absolute atomic E-state index is 0.106. The monoisotopic (exact) mass is 246 g/mol. The summed E-state index contributed by atoms with van der Waals surface area (Å²) in [6, 6.07) is 7.40. The average Bonchev–Trinajstić information content (AvgIpc) is 2.73. The maximum Gasteiger partial charge on any atom is 0.244 e. The number of anilines is 1. The van der Waals surface area contributed by atoms with E-state index in [0.717, 1.165) is 12.0 Å². The lowest BCUT2D eigenvalue weighted by Crippen LogP contribution is -2.45. The zero-order chi connectivity index (χ0) is 13.0. The summed E-state index contributed by atoms with van der Waals surface area (Å²) < 4.78 is 5.28. The molecule has 1 heterocycles. The van der Waals surface area contributed by atoms with Gasteiger partial charge in [-0.2, -0.15) is 0 Å². The minimum Gasteiger partial charge on any atom is -0.399 e. The first-order valence-electron chi connectivity index (χ1n) is 6.01. The lowest BCUT2D eigenvalue weighted by molar-refractivity contribution is -0.118. The normalized spacial score (nSPS) is 23.4. The van der Waals surface area contributed by atoms with Gasteiger partial charge in [0, 0.05) is 18.4 Å². The van der Waals surface area contributed by atoms with Crippen LogP contribution in [-0.2, 0) is 9.53 Å². The van der Waals surface area contributed by atoms with Gasteiger partial charge in [0.05, 0.1) is 12.1 Å². The third-order valence-corrected chi connectivity index (χ3v) is 2.98. The molecular formula is C14H18N2O2. The van der Waals surface area contributed by atoms with Crippen molar-refractivity contribution in [2.75, 3.05) is 18.9 Å². The second-order valence-corrected chi connectivity index (χ2v) is 4.86. The molecule has 3 N–H and O–H groups in total. The van der Waals surface area contributed by atoms with Crippen LogP contribution in [-0.4, -0.2) is 24.7 Å². The van der Waals surface area contributed by atoms with E-state index in [0.29, 0.717) is 18.9 Å². The summed E-state index contributed by atoms with van der Waals surface area (Å²) in [5.74, 6) is -0.106. The predicted octanol–water partition coefficient (Wildman–Crippen LogP) is 1.58. The maximum atomic E-state index is 11.8. The van der Waals surface area contributed by atoms with Crippen molar-refractivity contribution in [1.82, 2.24) is 5.32 Å². The van der Waals surface area contributed by atoms with Gasteiger partial charge in [-0.05, 0) is 37.1 Å². The Morgan fingerprint density at radius 2 is 2.39 bits per heavy atom. The number of nitrogen functional groups attached to an aromatic ring is 1. The summed E-state index contributed by atoms with van der Waals surface area (Å²) in [7, 11) is 0. The predicted molar refractivity (Wildman–Crippen MR) is 71.9 cm³/mol. The number of benzene rings is 1. The first kappa shape index (κ1) is 12.6. The molecule has 2 rings (SSSR count). The number of nitrogens with two attached hydrogens (primary N) is 1. The van der Waals surface area contributed by atoms with E-state index in [1.807, 2.05) is 31.2 Å².